The first-order valence-corrected chi connectivity index (χ1v) is 24.6. The van der Waals surface area contributed by atoms with E-state index in [1.54, 1.807) is 0 Å². The normalized spacial score (nSPS) is 21.8. The number of carbonyl (C=O) groups is 1. The van der Waals surface area contributed by atoms with Crippen LogP contribution in [-0.4, -0.2) is 110 Å². The first-order chi connectivity index (χ1) is 28.7. The average Bonchev–Trinajstić information content (AvgIpc) is 3.23. The molecular weight excluding hydrogens is 751 g/mol. The lowest BCUT2D eigenvalue weighted by molar-refractivity contribution is -0.303. The Kier molecular flexibility index (Phi) is 36.5. The molecule has 1 amide bonds. The standard InChI is InChI=1S/C48H93NO10/c1-3-5-7-9-11-13-14-15-16-17-18-19-20-21-22-23-24-25-26-28-29-31-33-35-40(51)43(53)39(38-58-48-46(56)45(55)44(54)42(37-50)59-48)49-47(57)41(52)36-34-32-30-27-12-10-8-6-4-2/h10,12,39-46,48,50-56H,3-9,11,13-38H2,1-2H3,(H,49,57)/b12-10-. The van der Waals surface area contributed by atoms with Crippen LogP contribution in [0.15, 0.2) is 12.2 Å². The van der Waals surface area contributed by atoms with Gasteiger partial charge in [-0.2, -0.15) is 0 Å². The van der Waals surface area contributed by atoms with Crippen molar-refractivity contribution in [3.05, 3.63) is 12.2 Å². The van der Waals surface area contributed by atoms with Crippen molar-refractivity contribution in [2.75, 3.05) is 13.2 Å². The molecule has 0 radical (unpaired) electrons. The third-order valence-electron chi connectivity index (χ3n) is 12.1. The Morgan fingerprint density at radius 1 is 0.576 bits per heavy atom. The molecule has 1 rings (SSSR count). The highest BCUT2D eigenvalue weighted by molar-refractivity contribution is 5.80. The first-order valence-electron chi connectivity index (χ1n) is 24.6. The maximum Gasteiger partial charge on any atom is 0.249 e. The number of hydrogen-bond donors (Lipinski definition) is 8. The molecule has 59 heavy (non-hydrogen) atoms. The van der Waals surface area contributed by atoms with E-state index in [0.717, 1.165) is 44.9 Å². The van der Waals surface area contributed by atoms with E-state index in [-0.39, 0.29) is 6.42 Å². The van der Waals surface area contributed by atoms with E-state index in [1.165, 1.54) is 135 Å². The Morgan fingerprint density at radius 2 is 1.00 bits per heavy atom. The molecule has 350 valence electrons. The van der Waals surface area contributed by atoms with Crippen molar-refractivity contribution in [3.8, 4) is 0 Å². The zero-order valence-electron chi connectivity index (χ0n) is 37.7. The lowest BCUT2D eigenvalue weighted by atomic mass is 9.98. The van der Waals surface area contributed by atoms with Crippen LogP contribution in [0.25, 0.3) is 0 Å². The highest BCUT2D eigenvalue weighted by atomic mass is 16.7. The molecule has 0 saturated carbocycles. The number of aliphatic hydroxyl groups is 7. The van der Waals surface area contributed by atoms with Crippen molar-refractivity contribution in [1.82, 2.24) is 5.32 Å². The number of ether oxygens (including phenoxy) is 2. The Morgan fingerprint density at radius 3 is 1.47 bits per heavy atom. The second-order valence-corrected chi connectivity index (χ2v) is 17.5. The molecule has 1 fully saturated rings. The summed E-state index contributed by atoms with van der Waals surface area (Å²) in [7, 11) is 0. The maximum atomic E-state index is 13.0. The fourth-order valence-corrected chi connectivity index (χ4v) is 7.95. The highest BCUT2D eigenvalue weighted by Gasteiger charge is 2.44. The van der Waals surface area contributed by atoms with Crippen LogP contribution in [0.5, 0.6) is 0 Å². The number of amides is 1. The zero-order chi connectivity index (χ0) is 43.4. The summed E-state index contributed by atoms with van der Waals surface area (Å²) >= 11 is 0. The van der Waals surface area contributed by atoms with Crippen LogP contribution >= 0.6 is 0 Å². The number of carbonyl (C=O) groups excluding carboxylic acids is 1. The summed E-state index contributed by atoms with van der Waals surface area (Å²) in [6, 6.07) is -1.17. The third kappa shape index (κ3) is 28.2. The van der Waals surface area contributed by atoms with E-state index >= 15 is 0 Å². The van der Waals surface area contributed by atoms with Gasteiger partial charge in [0, 0.05) is 0 Å². The second-order valence-electron chi connectivity index (χ2n) is 17.5. The van der Waals surface area contributed by atoms with Gasteiger partial charge in [-0.3, -0.25) is 4.79 Å². The van der Waals surface area contributed by atoms with Gasteiger partial charge in [0.2, 0.25) is 5.91 Å². The van der Waals surface area contributed by atoms with Crippen molar-refractivity contribution in [2.45, 2.75) is 274 Å². The van der Waals surface area contributed by atoms with Gasteiger partial charge in [-0.25, -0.2) is 0 Å². The SMILES string of the molecule is CCCC/C=C\CCCCCC(O)C(=O)NC(COC1OC(CO)C(O)C(O)C1O)C(O)C(O)CCCCCCCCCCCCCCCCCCCCCCCCC. The smallest absolute Gasteiger partial charge is 0.249 e. The van der Waals surface area contributed by atoms with Gasteiger partial charge in [0.25, 0.3) is 0 Å². The Hall–Kier alpha value is -1.15. The van der Waals surface area contributed by atoms with Gasteiger partial charge in [-0.15, -0.1) is 0 Å². The van der Waals surface area contributed by atoms with Crippen molar-refractivity contribution >= 4 is 5.91 Å². The Labute approximate surface area is 360 Å². The molecule has 0 aromatic carbocycles. The zero-order valence-corrected chi connectivity index (χ0v) is 37.7. The molecule has 1 aliphatic rings. The molecule has 0 aromatic rings. The van der Waals surface area contributed by atoms with E-state index in [2.05, 4.69) is 31.3 Å². The molecular formula is C48H93NO10. The molecule has 1 aliphatic heterocycles. The van der Waals surface area contributed by atoms with Gasteiger partial charge in [0.15, 0.2) is 6.29 Å². The van der Waals surface area contributed by atoms with Crippen molar-refractivity contribution in [3.63, 3.8) is 0 Å². The van der Waals surface area contributed by atoms with E-state index in [0.29, 0.717) is 19.3 Å². The van der Waals surface area contributed by atoms with Crippen LogP contribution < -0.4 is 5.32 Å². The average molecular weight is 844 g/mol. The topological polar surface area (TPSA) is 189 Å². The van der Waals surface area contributed by atoms with Crippen LogP contribution in [0.4, 0.5) is 0 Å². The van der Waals surface area contributed by atoms with Crippen LogP contribution in [-0.2, 0) is 14.3 Å². The third-order valence-corrected chi connectivity index (χ3v) is 12.1. The molecule has 0 aromatic heterocycles. The summed E-state index contributed by atoms with van der Waals surface area (Å²) in [6.07, 6.45) is 30.0. The van der Waals surface area contributed by atoms with Crippen molar-refractivity contribution < 1.29 is 50.0 Å². The minimum atomic E-state index is -1.66. The van der Waals surface area contributed by atoms with Crippen molar-refractivity contribution in [2.24, 2.45) is 0 Å². The summed E-state index contributed by atoms with van der Waals surface area (Å²) in [5.74, 6) is -0.710. The monoisotopic (exact) mass is 844 g/mol. The van der Waals surface area contributed by atoms with Gasteiger partial charge in [-0.1, -0.05) is 199 Å². The molecule has 0 aliphatic carbocycles. The molecule has 11 nitrogen and oxygen atoms in total. The molecule has 11 heteroatoms. The molecule has 1 heterocycles. The molecule has 0 bridgehead atoms. The molecule has 0 spiro atoms. The molecule has 9 atom stereocenters. The van der Waals surface area contributed by atoms with Gasteiger partial charge >= 0.3 is 0 Å². The first kappa shape index (κ1) is 55.9. The maximum absolute atomic E-state index is 13.0. The molecule has 9 unspecified atom stereocenters. The van der Waals surface area contributed by atoms with E-state index < -0.39 is 74.2 Å². The summed E-state index contributed by atoms with van der Waals surface area (Å²) in [5.41, 5.74) is 0. The summed E-state index contributed by atoms with van der Waals surface area (Å²) in [4.78, 5) is 13.0. The second kappa shape index (κ2) is 38.5. The number of unbranched alkanes of at least 4 members (excludes halogenated alkanes) is 27. The molecule has 1 saturated heterocycles. The fourth-order valence-electron chi connectivity index (χ4n) is 7.95. The van der Waals surface area contributed by atoms with E-state index in [4.69, 9.17) is 9.47 Å². The number of allylic oxidation sites excluding steroid dienone is 2. The summed E-state index contributed by atoms with van der Waals surface area (Å²) in [5, 5.41) is 75.6. The largest absolute Gasteiger partial charge is 0.394 e. The van der Waals surface area contributed by atoms with Crippen LogP contribution in [0, 0.1) is 0 Å². The van der Waals surface area contributed by atoms with Crippen molar-refractivity contribution in [1.29, 1.82) is 0 Å². The summed E-state index contributed by atoms with van der Waals surface area (Å²) in [6.45, 7) is 3.38. The fraction of sp³-hybridized carbons (Fsp3) is 0.938. The van der Waals surface area contributed by atoms with Crippen LogP contribution in [0.1, 0.15) is 219 Å². The number of aliphatic hydroxyl groups excluding tert-OH is 7. The predicted octanol–water partition coefficient (Wildman–Crippen LogP) is 8.45. The quantitative estimate of drug-likeness (QED) is 0.0219. The van der Waals surface area contributed by atoms with Crippen LogP contribution in [0.3, 0.4) is 0 Å². The van der Waals surface area contributed by atoms with Gasteiger partial charge in [-0.05, 0) is 32.1 Å². The Balaban J connectivity index is 2.32. The van der Waals surface area contributed by atoms with Gasteiger partial charge in [0.1, 0.15) is 36.6 Å². The summed E-state index contributed by atoms with van der Waals surface area (Å²) < 4.78 is 11.1. The number of hydrogen-bond acceptors (Lipinski definition) is 10. The lowest BCUT2D eigenvalue weighted by Crippen LogP contribution is -2.60. The molecule has 8 N–H and O–H groups in total. The number of rotatable bonds is 41. The van der Waals surface area contributed by atoms with Gasteiger partial charge < -0.3 is 50.5 Å². The lowest BCUT2D eigenvalue weighted by Gasteiger charge is -2.40. The highest BCUT2D eigenvalue weighted by Crippen LogP contribution is 2.23. The van der Waals surface area contributed by atoms with Gasteiger partial charge in [0.05, 0.1) is 25.4 Å². The minimum Gasteiger partial charge on any atom is -0.394 e. The number of nitrogens with one attached hydrogen (secondary N) is 1. The minimum absolute atomic E-state index is 0.240. The predicted molar refractivity (Wildman–Crippen MR) is 238 cm³/mol. The van der Waals surface area contributed by atoms with E-state index in [9.17, 15) is 40.5 Å². The van der Waals surface area contributed by atoms with E-state index in [1.807, 2.05) is 0 Å². The Bertz CT molecular complexity index is 970. The van der Waals surface area contributed by atoms with Crippen LogP contribution in [0.2, 0.25) is 0 Å².